The summed E-state index contributed by atoms with van der Waals surface area (Å²) in [6, 6.07) is 19.5. The molecule has 7 nitrogen and oxygen atoms in total. The zero-order chi connectivity index (χ0) is 22.5. The van der Waals surface area contributed by atoms with Crippen LogP contribution in [0.5, 0.6) is 0 Å². The van der Waals surface area contributed by atoms with E-state index in [1.807, 2.05) is 61.5 Å². The number of nitrogens with one attached hydrogen (secondary N) is 1. The Bertz CT molecular complexity index is 1070. The van der Waals surface area contributed by atoms with Crippen LogP contribution in [0.2, 0.25) is 0 Å². The quantitative estimate of drug-likeness (QED) is 0.601. The van der Waals surface area contributed by atoms with Crippen molar-refractivity contribution >= 4 is 17.5 Å². The average molecular weight is 432 g/mol. The molecule has 1 aliphatic heterocycles. The lowest BCUT2D eigenvalue weighted by Crippen LogP contribution is -2.39. The third-order valence-electron chi connectivity index (χ3n) is 6.04. The van der Waals surface area contributed by atoms with Crippen LogP contribution < -0.4 is 11.1 Å². The van der Waals surface area contributed by atoms with E-state index in [0.29, 0.717) is 5.69 Å². The van der Waals surface area contributed by atoms with Gasteiger partial charge < -0.3 is 16.0 Å². The highest BCUT2D eigenvalue weighted by atomic mass is 16.2. The molecule has 166 valence electrons. The largest absolute Gasteiger partial charge is 0.369 e. The fourth-order valence-corrected chi connectivity index (χ4v) is 4.09. The van der Waals surface area contributed by atoms with Crippen molar-refractivity contribution in [2.45, 2.75) is 26.2 Å². The Balaban J connectivity index is 1.30. The van der Waals surface area contributed by atoms with Crippen molar-refractivity contribution in [3.05, 3.63) is 77.6 Å². The molecule has 3 aromatic rings. The van der Waals surface area contributed by atoms with E-state index >= 15 is 0 Å². The number of primary amides is 1. The number of piperidine rings is 1. The predicted octanol–water partition coefficient (Wildman–Crippen LogP) is 3.17. The summed E-state index contributed by atoms with van der Waals surface area (Å²) in [6.45, 7) is 4.71. The van der Waals surface area contributed by atoms with Gasteiger partial charge in [-0.25, -0.2) is 4.68 Å². The molecule has 0 bridgehead atoms. The summed E-state index contributed by atoms with van der Waals surface area (Å²) in [5.74, 6) is -0.380. The molecule has 2 aromatic carbocycles. The lowest BCUT2D eigenvalue weighted by Gasteiger charge is -2.30. The standard InChI is InChI=1S/C25H29N5O2/c1-18-17-23(28-30(18)22-5-3-2-4-6-22)25(32)27-21-9-7-19(8-10-21)11-14-29-15-12-20(13-16-29)24(26)31/h2-10,17,20H,11-16H2,1H3,(H2,26,31)(H,27,32). The molecule has 0 radical (unpaired) electrons. The van der Waals surface area contributed by atoms with Gasteiger partial charge in [0.2, 0.25) is 5.91 Å². The van der Waals surface area contributed by atoms with Crippen LogP contribution in [0.3, 0.4) is 0 Å². The maximum Gasteiger partial charge on any atom is 0.276 e. The lowest BCUT2D eigenvalue weighted by molar-refractivity contribution is -0.123. The Morgan fingerprint density at radius 3 is 2.41 bits per heavy atom. The average Bonchev–Trinajstić information content (AvgIpc) is 3.21. The molecule has 0 atom stereocenters. The number of benzene rings is 2. The Kier molecular flexibility index (Phi) is 6.66. The van der Waals surface area contributed by atoms with Crippen LogP contribution in [0.4, 0.5) is 5.69 Å². The second-order valence-electron chi connectivity index (χ2n) is 8.34. The molecular weight excluding hydrogens is 402 g/mol. The molecule has 32 heavy (non-hydrogen) atoms. The van der Waals surface area contributed by atoms with Gasteiger partial charge in [-0.15, -0.1) is 0 Å². The molecule has 3 N–H and O–H groups in total. The van der Waals surface area contributed by atoms with Crippen LogP contribution in [0.25, 0.3) is 5.69 Å². The number of anilines is 1. The molecule has 1 saturated heterocycles. The lowest BCUT2D eigenvalue weighted by atomic mass is 9.96. The van der Waals surface area contributed by atoms with E-state index in [1.165, 1.54) is 5.56 Å². The minimum atomic E-state index is -0.229. The fraction of sp³-hybridized carbons (Fsp3) is 0.320. The number of carbonyl (C=O) groups is 2. The zero-order valence-corrected chi connectivity index (χ0v) is 18.3. The number of aryl methyl sites for hydroxylation is 1. The number of hydrogen-bond donors (Lipinski definition) is 2. The van der Waals surface area contributed by atoms with Crippen molar-refractivity contribution in [1.29, 1.82) is 0 Å². The first kappa shape index (κ1) is 21.8. The summed E-state index contributed by atoms with van der Waals surface area (Å²) >= 11 is 0. The molecule has 1 aliphatic rings. The van der Waals surface area contributed by atoms with E-state index < -0.39 is 0 Å². The number of nitrogens with two attached hydrogens (primary N) is 1. The number of para-hydroxylation sites is 1. The van der Waals surface area contributed by atoms with Crippen LogP contribution in [-0.4, -0.2) is 46.1 Å². The molecular formula is C25H29N5O2. The van der Waals surface area contributed by atoms with Gasteiger partial charge in [-0.3, -0.25) is 9.59 Å². The molecule has 7 heteroatoms. The highest BCUT2D eigenvalue weighted by Crippen LogP contribution is 2.18. The van der Waals surface area contributed by atoms with Gasteiger partial charge in [0.1, 0.15) is 0 Å². The van der Waals surface area contributed by atoms with Crippen molar-refractivity contribution in [3.8, 4) is 5.69 Å². The van der Waals surface area contributed by atoms with Crippen molar-refractivity contribution in [3.63, 3.8) is 0 Å². The van der Waals surface area contributed by atoms with Crippen LogP contribution in [0, 0.1) is 12.8 Å². The van der Waals surface area contributed by atoms with Crippen LogP contribution in [0.15, 0.2) is 60.7 Å². The summed E-state index contributed by atoms with van der Waals surface area (Å²) in [5, 5.41) is 7.39. The molecule has 2 amide bonds. The number of aromatic nitrogens is 2. The highest BCUT2D eigenvalue weighted by molar-refractivity contribution is 6.03. The van der Waals surface area contributed by atoms with Gasteiger partial charge in [-0.05, 0) is 75.2 Å². The fourth-order valence-electron chi connectivity index (χ4n) is 4.09. The molecule has 2 heterocycles. The maximum atomic E-state index is 12.7. The number of likely N-dealkylation sites (tertiary alicyclic amines) is 1. The number of carbonyl (C=O) groups excluding carboxylic acids is 2. The SMILES string of the molecule is Cc1cc(C(=O)Nc2ccc(CCN3CCC(C(N)=O)CC3)cc2)nn1-c1ccccc1. The molecule has 1 fully saturated rings. The molecule has 0 aliphatic carbocycles. The Hall–Kier alpha value is -3.45. The Labute approximate surface area is 188 Å². The summed E-state index contributed by atoms with van der Waals surface area (Å²) in [6.07, 6.45) is 2.62. The molecule has 1 aromatic heterocycles. The summed E-state index contributed by atoms with van der Waals surface area (Å²) in [7, 11) is 0. The second kappa shape index (κ2) is 9.78. The first-order valence-electron chi connectivity index (χ1n) is 11.0. The van der Waals surface area contributed by atoms with Crippen molar-refractivity contribution in [2.75, 3.05) is 25.0 Å². The predicted molar refractivity (Wildman–Crippen MR) is 125 cm³/mol. The molecule has 0 saturated carbocycles. The third kappa shape index (κ3) is 5.23. The summed E-state index contributed by atoms with van der Waals surface area (Å²) in [4.78, 5) is 26.3. The van der Waals surface area contributed by atoms with E-state index in [2.05, 4.69) is 15.3 Å². The van der Waals surface area contributed by atoms with Gasteiger partial charge in [0.05, 0.1) is 5.69 Å². The molecule has 4 rings (SSSR count). The van der Waals surface area contributed by atoms with E-state index in [1.54, 1.807) is 10.7 Å². The topological polar surface area (TPSA) is 93.2 Å². The highest BCUT2D eigenvalue weighted by Gasteiger charge is 2.22. The smallest absolute Gasteiger partial charge is 0.276 e. The molecule has 0 unspecified atom stereocenters. The van der Waals surface area contributed by atoms with E-state index in [0.717, 1.165) is 56.0 Å². The van der Waals surface area contributed by atoms with Gasteiger partial charge in [0.15, 0.2) is 5.69 Å². The number of rotatable bonds is 7. The van der Waals surface area contributed by atoms with E-state index in [-0.39, 0.29) is 17.7 Å². The number of nitrogens with zero attached hydrogens (tertiary/aromatic N) is 3. The number of hydrogen-bond acceptors (Lipinski definition) is 4. The Morgan fingerprint density at radius 1 is 1.06 bits per heavy atom. The van der Waals surface area contributed by atoms with Crippen molar-refractivity contribution in [2.24, 2.45) is 11.7 Å². The maximum absolute atomic E-state index is 12.7. The monoisotopic (exact) mass is 431 g/mol. The van der Waals surface area contributed by atoms with Crippen LogP contribution in [-0.2, 0) is 11.2 Å². The second-order valence-corrected chi connectivity index (χ2v) is 8.34. The van der Waals surface area contributed by atoms with Crippen LogP contribution >= 0.6 is 0 Å². The van der Waals surface area contributed by atoms with E-state index in [9.17, 15) is 9.59 Å². The van der Waals surface area contributed by atoms with Gasteiger partial charge in [0.25, 0.3) is 5.91 Å². The normalized spacial score (nSPS) is 14.9. The minimum Gasteiger partial charge on any atom is -0.369 e. The van der Waals surface area contributed by atoms with Gasteiger partial charge >= 0.3 is 0 Å². The third-order valence-corrected chi connectivity index (χ3v) is 6.04. The van der Waals surface area contributed by atoms with Gasteiger partial charge in [0, 0.05) is 23.8 Å². The zero-order valence-electron chi connectivity index (χ0n) is 18.3. The minimum absolute atomic E-state index is 0.0250. The van der Waals surface area contributed by atoms with Crippen molar-refractivity contribution in [1.82, 2.24) is 14.7 Å². The summed E-state index contributed by atoms with van der Waals surface area (Å²) in [5.41, 5.74) is 9.57. The molecule has 0 spiro atoms. The van der Waals surface area contributed by atoms with Crippen LogP contribution in [0.1, 0.15) is 34.6 Å². The first-order chi connectivity index (χ1) is 15.5. The van der Waals surface area contributed by atoms with Crippen molar-refractivity contribution < 1.29 is 9.59 Å². The Morgan fingerprint density at radius 2 is 1.75 bits per heavy atom. The number of amides is 2. The first-order valence-corrected chi connectivity index (χ1v) is 11.0. The summed E-state index contributed by atoms with van der Waals surface area (Å²) < 4.78 is 1.77. The van der Waals surface area contributed by atoms with Gasteiger partial charge in [-0.2, -0.15) is 5.10 Å². The van der Waals surface area contributed by atoms with E-state index in [4.69, 9.17) is 5.73 Å². The van der Waals surface area contributed by atoms with Gasteiger partial charge in [-0.1, -0.05) is 30.3 Å².